The fourth-order valence-corrected chi connectivity index (χ4v) is 1.22. The number of carbonyl (C=O) groups is 2. The number of hydrogen-bond acceptors (Lipinski definition) is 3. The predicted molar refractivity (Wildman–Crippen MR) is 52.4 cm³/mol. The van der Waals surface area contributed by atoms with Crippen LogP contribution in [0.15, 0.2) is 0 Å². The normalized spacial score (nSPS) is 18.1. The van der Waals surface area contributed by atoms with E-state index in [1.54, 1.807) is 0 Å². The zero-order valence-corrected chi connectivity index (χ0v) is 8.67. The standard InChI is InChI=1S/C9H17N3O2/c1-7(2)9(14)11-6-12-4-3-10-8(13)5-12/h7H,3-6H2,1-2H3,(H,10,13)(H,11,14). The van der Waals surface area contributed by atoms with E-state index in [0.717, 1.165) is 6.54 Å². The molecule has 5 nitrogen and oxygen atoms in total. The number of rotatable bonds is 3. The van der Waals surface area contributed by atoms with Crippen molar-refractivity contribution in [2.24, 2.45) is 5.92 Å². The number of piperazine rings is 1. The van der Waals surface area contributed by atoms with Gasteiger partial charge in [0.15, 0.2) is 0 Å². The number of carbonyl (C=O) groups excluding carboxylic acids is 2. The maximum atomic E-state index is 11.2. The molecule has 5 heteroatoms. The molecule has 0 spiro atoms. The average Bonchev–Trinajstić information content (AvgIpc) is 2.14. The molecule has 1 saturated heterocycles. The molecule has 80 valence electrons. The molecule has 1 heterocycles. The third-order valence-corrected chi connectivity index (χ3v) is 2.12. The van der Waals surface area contributed by atoms with Crippen LogP contribution in [0.3, 0.4) is 0 Å². The van der Waals surface area contributed by atoms with Gasteiger partial charge in [0.1, 0.15) is 0 Å². The van der Waals surface area contributed by atoms with E-state index in [0.29, 0.717) is 19.8 Å². The second-order valence-electron chi connectivity index (χ2n) is 3.76. The monoisotopic (exact) mass is 199 g/mol. The minimum atomic E-state index is -0.00591. The lowest BCUT2D eigenvalue weighted by Gasteiger charge is -2.26. The van der Waals surface area contributed by atoms with Crippen molar-refractivity contribution in [2.45, 2.75) is 13.8 Å². The maximum absolute atomic E-state index is 11.2. The Morgan fingerprint density at radius 2 is 2.36 bits per heavy atom. The van der Waals surface area contributed by atoms with Crippen LogP contribution in [0.1, 0.15) is 13.8 Å². The van der Waals surface area contributed by atoms with Crippen molar-refractivity contribution in [1.82, 2.24) is 15.5 Å². The Bertz CT molecular complexity index is 228. The highest BCUT2D eigenvalue weighted by Gasteiger charge is 2.16. The topological polar surface area (TPSA) is 61.4 Å². The van der Waals surface area contributed by atoms with Gasteiger partial charge in [-0.3, -0.25) is 14.5 Å². The first-order valence-electron chi connectivity index (χ1n) is 4.86. The van der Waals surface area contributed by atoms with Crippen LogP contribution in [0.4, 0.5) is 0 Å². The molecule has 1 aliphatic heterocycles. The molecule has 2 N–H and O–H groups in total. The summed E-state index contributed by atoms with van der Waals surface area (Å²) >= 11 is 0. The van der Waals surface area contributed by atoms with Crippen LogP contribution in [-0.2, 0) is 9.59 Å². The summed E-state index contributed by atoms with van der Waals surface area (Å²) in [4.78, 5) is 24.1. The van der Waals surface area contributed by atoms with Crippen molar-refractivity contribution in [3.8, 4) is 0 Å². The SMILES string of the molecule is CC(C)C(=O)NCN1CCNC(=O)C1. The molecular weight excluding hydrogens is 182 g/mol. The smallest absolute Gasteiger partial charge is 0.234 e. The molecule has 0 aromatic carbocycles. The van der Waals surface area contributed by atoms with Gasteiger partial charge in [-0.15, -0.1) is 0 Å². The van der Waals surface area contributed by atoms with Gasteiger partial charge in [-0.25, -0.2) is 0 Å². The number of nitrogens with one attached hydrogen (secondary N) is 2. The first-order valence-corrected chi connectivity index (χ1v) is 4.86. The summed E-state index contributed by atoms with van der Waals surface area (Å²) in [5.74, 6) is 0.0413. The van der Waals surface area contributed by atoms with Crippen molar-refractivity contribution in [1.29, 1.82) is 0 Å². The maximum Gasteiger partial charge on any atom is 0.234 e. The van der Waals surface area contributed by atoms with Gasteiger partial charge >= 0.3 is 0 Å². The van der Waals surface area contributed by atoms with Gasteiger partial charge in [-0.1, -0.05) is 13.8 Å². The minimum Gasteiger partial charge on any atom is -0.354 e. The Hall–Kier alpha value is -1.10. The highest BCUT2D eigenvalue weighted by Crippen LogP contribution is 1.93. The molecule has 0 aromatic rings. The highest BCUT2D eigenvalue weighted by molar-refractivity contribution is 5.79. The summed E-state index contributed by atoms with van der Waals surface area (Å²) in [6.45, 7) is 5.99. The summed E-state index contributed by atoms with van der Waals surface area (Å²) < 4.78 is 0. The zero-order valence-electron chi connectivity index (χ0n) is 8.67. The number of nitrogens with zero attached hydrogens (tertiary/aromatic N) is 1. The average molecular weight is 199 g/mol. The van der Waals surface area contributed by atoms with E-state index in [1.807, 2.05) is 18.7 Å². The van der Waals surface area contributed by atoms with Crippen molar-refractivity contribution in [3.63, 3.8) is 0 Å². The van der Waals surface area contributed by atoms with Gasteiger partial charge in [0, 0.05) is 19.0 Å². The summed E-state index contributed by atoms with van der Waals surface area (Å²) in [6.07, 6.45) is 0. The third kappa shape index (κ3) is 3.33. The molecule has 0 aliphatic carbocycles. The predicted octanol–water partition coefficient (Wildman–Crippen LogP) is -0.852. The molecule has 2 amide bonds. The van der Waals surface area contributed by atoms with E-state index in [2.05, 4.69) is 10.6 Å². The van der Waals surface area contributed by atoms with Crippen LogP contribution in [-0.4, -0.2) is 43.0 Å². The minimum absolute atomic E-state index is 0.00591. The van der Waals surface area contributed by atoms with Crippen LogP contribution in [0.2, 0.25) is 0 Å². The van der Waals surface area contributed by atoms with Gasteiger partial charge in [-0.05, 0) is 0 Å². The highest BCUT2D eigenvalue weighted by atomic mass is 16.2. The van der Waals surface area contributed by atoms with Crippen molar-refractivity contribution < 1.29 is 9.59 Å². The molecule has 1 fully saturated rings. The van der Waals surface area contributed by atoms with E-state index >= 15 is 0 Å². The Morgan fingerprint density at radius 1 is 1.64 bits per heavy atom. The fourth-order valence-electron chi connectivity index (χ4n) is 1.22. The molecular formula is C9H17N3O2. The van der Waals surface area contributed by atoms with Crippen LogP contribution < -0.4 is 10.6 Å². The lowest BCUT2D eigenvalue weighted by molar-refractivity contribution is -0.127. The van der Waals surface area contributed by atoms with Crippen LogP contribution in [0, 0.1) is 5.92 Å². The Labute approximate surface area is 83.8 Å². The zero-order chi connectivity index (χ0) is 10.6. The van der Waals surface area contributed by atoms with Crippen LogP contribution in [0.5, 0.6) is 0 Å². The summed E-state index contributed by atoms with van der Waals surface area (Å²) in [5, 5.41) is 5.51. The summed E-state index contributed by atoms with van der Waals surface area (Å²) in [7, 11) is 0. The third-order valence-electron chi connectivity index (χ3n) is 2.12. The van der Waals surface area contributed by atoms with Gasteiger partial charge < -0.3 is 10.6 Å². The van der Waals surface area contributed by atoms with Gasteiger partial charge in [0.25, 0.3) is 0 Å². The molecule has 1 rings (SSSR count). The second kappa shape index (κ2) is 4.95. The molecule has 1 aliphatic rings. The molecule has 0 unspecified atom stereocenters. The van der Waals surface area contributed by atoms with Crippen LogP contribution in [0.25, 0.3) is 0 Å². The second-order valence-corrected chi connectivity index (χ2v) is 3.76. The van der Waals surface area contributed by atoms with E-state index in [9.17, 15) is 9.59 Å². The molecule has 0 aromatic heterocycles. The lowest BCUT2D eigenvalue weighted by atomic mass is 10.2. The Kier molecular flexibility index (Phi) is 3.88. The summed E-state index contributed by atoms with van der Waals surface area (Å²) in [5.41, 5.74) is 0. The van der Waals surface area contributed by atoms with E-state index in [4.69, 9.17) is 0 Å². The molecule has 0 atom stereocenters. The molecule has 14 heavy (non-hydrogen) atoms. The number of amides is 2. The fraction of sp³-hybridized carbons (Fsp3) is 0.778. The molecule has 0 saturated carbocycles. The first-order chi connectivity index (χ1) is 6.59. The van der Waals surface area contributed by atoms with E-state index in [1.165, 1.54) is 0 Å². The van der Waals surface area contributed by atoms with E-state index in [-0.39, 0.29) is 17.7 Å². The van der Waals surface area contributed by atoms with Crippen molar-refractivity contribution >= 4 is 11.8 Å². The Morgan fingerprint density at radius 3 is 2.93 bits per heavy atom. The quantitative estimate of drug-likeness (QED) is 0.622. The molecule has 0 radical (unpaired) electrons. The van der Waals surface area contributed by atoms with E-state index < -0.39 is 0 Å². The lowest BCUT2D eigenvalue weighted by Crippen LogP contribution is -2.51. The Balaban J connectivity index is 2.24. The van der Waals surface area contributed by atoms with Gasteiger partial charge in [-0.2, -0.15) is 0 Å². The van der Waals surface area contributed by atoms with Crippen LogP contribution >= 0.6 is 0 Å². The number of hydrogen-bond donors (Lipinski definition) is 2. The molecule has 0 bridgehead atoms. The van der Waals surface area contributed by atoms with Crippen molar-refractivity contribution in [2.75, 3.05) is 26.3 Å². The van der Waals surface area contributed by atoms with Gasteiger partial charge in [0.2, 0.25) is 11.8 Å². The summed E-state index contributed by atoms with van der Waals surface area (Å²) in [6, 6.07) is 0. The first kappa shape index (κ1) is 11.0. The van der Waals surface area contributed by atoms with Crippen molar-refractivity contribution in [3.05, 3.63) is 0 Å². The van der Waals surface area contributed by atoms with Gasteiger partial charge in [0.05, 0.1) is 13.2 Å². The largest absolute Gasteiger partial charge is 0.354 e.